The predicted octanol–water partition coefficient (Wildman–Crippen LogP) is 4.99. The summed E-state index contributed by atoms with van der Waals surface area (Å²) in [6.45, 7) is 3.27. The number of nitrogens with one attached hydrogen (secondary N) is 1. The molecule has 45 heavy (non-hydrogen) atoms. The van der Waals surface area contributed by atoms with Crippen LogP contribution in [0.15, 0.2) is 91.1 Å². The lowest BCUT2D eigenvalue weighted by Gasteiger charge is -2.52. The molecule has 9 heteroatoms. The average Bonchev–Trinajstić information content (AvgIpc) is 3.63. The number of amides is 1. The molecule has 1 aliphatic heterocycles. The number of nitrogen functional groups attached to an aromatic ring is 1. The van der Waals surface area contributed by atoms with E-state index >= 15 is 0 Å². The van der Waals surface area contributed by atoms with Crippen LogP contribution >= 0.6 is 0 Å². The Balaban J connectivity index is 1.44. The number of piperidine rings is 1. The van der Waals surface area contributed by atoms with Gasteiger partial charge in [0.05, 0.1) is 31.2 Å². The largest absolute Gasteiger partial charge is 0.493 e. The number of H-pyrrole nitrogens is 1. The highest BCUT2D eigenvalue weighted by atomic mass is 16.5. The number of hydrogen-bond donors (Lipinski definition) is 3. The highest BCUT2D eigenvalue weighted by Gasteiger charge is 2.55. The quantitative estimate of drug-likeness (QED) is 0.216. The predicted molar refractivity (Wildman–Crippen MR) is 176 cm³/mol. The van der Waals surface area contributed by atoms with Gasteiger partial charge in [-0.1, -0.05) is 60.7 Å². The fourth-order valence-corrected chi connectivity index (χ4v) is 7.07. The Labute approximate surface area is 263 Å². The van der Waals surface area contributed by atoms with E-state index in [-0.39, 0.29) is 5.91 Å². The molecule has 0 spiro atoms. The molecule has 5 N–H and O–H groups in total. The van der Waals surface area contributed by atoms with Crippen molar-refractivity contribution in [3.05, 3.63) is 114 Å². The highest BCUT2D eigenvalue weighted by molar-refractivity contribution is 5.91. The molecule has 3 aromatic carbocycles. The number of benzene rings is 3. The fraction of sp³-hybridized carbons (Fsp3) is 0.306. The van der Waals surface area contributed by atoms with Crippen LogP contribution in [-0.4, -0.2) is 59.1 Å². The number of fused-ring (bicyclic) bond motifs is 1. The van der Waals surface area contributed by atoms with Crippen LogP contribution in [0.1, 0.15) is 42.4 Å². The molecule has 232 valence electrons. The van der Waals surface area contributed by atoms with Gasteiger partial charge in [-0.3, -0.25) is 4.79 Å². The smallest absolute Gasteiger partial charge is 0.239 e. The summed E-state index contributed by atoms with van der Waals surface area (Å²) in [5, 5.41) is 0.687. The highest BCUT2D eigenvalue weighted by Crippen LogP contribution is 2.53. The van der Waals surface area contributed by atoms with Crippen LogP contribution in [0.2, 0.25) is 0 Å². The molecule has 1 fully saturated rings. The van der Waals surface area contributed by atoms with E-state index < -0.39 is 16.9 Å². The number of nitrogens with zero attached hydrogens (tertiary/aromatic N) is 3. The lowest BCUT2D eigenvalue weighted by atomic mass is 9.54. The van der Waals surface area contributed by atoms with E-state index in [9.17, 15) is 4.79 Å². The van der Waals surface area contributed by atoms with Gasteiger partial charge in [0.25, 0.3) is 0 Å². The minimum absolute atomic E-state index is 0.0330. The number of hydrogen-bond acceptors (Lipinski definition) is 7. The number of aromatic amines is 1. The van der Waals surface area contributed by atoms with Crippen molar-refractivity contribution in [1.82, 2.24) is 19.9 Å². The third kappa shape index (κ3) is 5.27. The third-order valence-electron chi connectivity index (χ3n) is 9.64. The first kappa shape index (κ1) is 30.1. The Morgan fingerprint density at radius 2 is 1.60 bits per heavy atom. The second kappa shape index (κ2) is 12.2. The van der Waals surface area contributed by atoms with Crippen molar-refractivity contribution in [3.8, 4) is 11.5 Å². The molecule has 2 atom stereocenters. The van der Waals surface area contributed by atoms with Gasteiger partial charge in [0.15, 0.2) is 11.5 Å². The summed E-state index contributed by atoms with van der Waals surface area (Å²) in [4.78, 5) is 29.2. The minimum atomic E-state index is -0.755. The lowest BCUT2D eigenvalue weighted by molar-refractivity contribution is -0.134. The third-order valence-corrected chi connectivity index (χ3v) is 9.64. The number of rotatable bonds is 9. The van der Waals surface area contributed by atoms with Crippen molar-refractivity contribution in [2.75, 3.05) is 33.0 Å². The first-order valence-corrected chi connectivity index (χ1v) is 15.3. The average molecular weight is 605 g/mol. The summed E-state index contributed by atoms with van der Waals surface area (Å²) in [5.41, 5.74) is 15.7. The summed E-state index contributed by atoms with van der Waals surface area (Å²) in [6, 6.07) is 27.5. The molecule has 9 nitrogen and oxygen atoms in total. The molecular formula is C36H40N6O3. The maximum absolute atomic E-state index is 13.6. The topological polar surface area (TPSA) is 132 Å². The van der Waals surface area contributed by atoms with Crippen LogP contribution in [0.5, 0.6) is 11.5 Å². The van der Waals surface area contributed by atoms with Gasteiger partial charge in [-0.25, -0.2) is 9.97 Å². The second-order valence-corrected chi connectivity index (χ2v) is 11.9. The van der Waals surface area contributed by atoms with E-state index in [1.165, 1.54) is 0 Å². The van der Waals surface area contributed by atoms with Crippen LogP contribution < -0.4 is 20.9 Å². The van der Waals surface area contributed by atoms with E-state index in [0.717, 1.165) is 16.8 Å². The number of nitrogens with two attached hydrogens (primary N) is 2. The van der Waals surface area contributed by atoms with Gasteiger partial charge in [0.2, 0.25) is 5.91 Å². The van der Waals surface area contributed by atoms with Gasteiger partial charge in [-0.15, -0.1) is 0 Å². The Morgan fingerprint density at radius 3 is 2.22 bits per heavy atom. The Hall–Kier alpha value is -4.89. The van der Waals surface area contributed by atoms with Gasteiger partial charge in [0, 0.05) is 41.8 Å². The van der Waals surface area contributed by atoms with Crippen LogP contribution in [0.25, 0.3) is 10.9 Å². The zero-order valence-corrected chi connectivity index (χ0v) is 26.0. The van der Waals surface area contributed by atoms with Crippen molar-refractivity contribution in [1.29, 1.82) is 0 Å². The van der Waals surface area contributed by atoms with Gasteiger partial charge in [0.1, 0.15) is 11.6 Å². The van der Waals surface area contributed by atoms with E-state index in [1.807, 2.05) is 65.7 Å². The first-order valence-electron chi connectivity index (χ1n) is 15.3. The molecule has 1 aliphatic rings. The number of aromatic nitrogens is 3. The van der Waals surface area contributed by atoms with Crippen molar-refractivity contribution in [2.45, 2.75) is 43.1 Å². The maximum atomic E-state index is 13.6. The molecule has 2 aromatic heterocycles. The van der Waals surface area contributed by atoms with Gasteiger partial charge < -0.3 is 30.8 Å². The monoisotopic (exact) mass is 604 g/mol. The summed E-state index contributed by atoms with van der Waals surface area (Å²) in [7, 11) is 3.19. The first-order chi connectivity index (χ1) is 21.8. The van der Waals surface area contributed by atoms with Crippen LogP contribution in [-0.2, 0) is 22.0 Å². The molecule has 1 amide bonds. The molecule has 6 rings (SSSR count). The molecule has 0 aliphatic carbocycles. The Morgan fingerprint density at radius 1 is 0.956 bits per heavy atom. The van der Waals surface area contributed by atoms with Crippen molar-refractivity contribution in [3.63, 3.8) is 0 Å². The normalized spacial score (nSPS) is 16.6. The molecule has 2 unspecified atom stereocenters. The van der Waals surface area contributed by atoms with Crippen LogP contribution in [0.4, 0.5) is 5.82 Å². The minimum Gasteiger partial charge on any atom is -0.493 e. The number of ether oxygens (including phenoxy) is 2. The molecule has 0 radical (unpaired) electrons. The number of carbonyl (C=O) groups is 1. The number of methoxy groups -OCH3 is 2. The molecule has 0 bridgehead atoms. The molecular weight excluding hydrogens is 564 g/mol. The van der Waals surface area contributed by atoms with Gasteiger partial charge in [-0.2, -0.15) is 0 Å². The number of carbonyl (C=O) groups excluding carboxylic acids is 1. The zero-order chi connectivity index (χ0) is 31.6. The SMILES string of the molecule is COc1cc2nc(C(C)(c3ccc[nH]3)C3(c4ccccc4)CCN(C(=O)C(N)Cc4ccccc4)CC3)nc(N)c2cc1OC. The summed E-state index contributed by atoms with van der Waals surface area (Å²) in [5.74, 6) is 2.04. The maximum Gasteiger partial charge on any atom is 0.239 e. The van der Waals surface area contributed by atoms with Crippen molar-refractivity contribution >= 4 is 22.6 Å². The number of likely N-dealkylation sites (tertiary alicyclic amines) is 1. The van der Waals surface area contributed by atoms with Crippen molar-refractivity contribution in [2.24, 2.45) is 5.73 Å². The fourth-order valence-electron chi connectivity index (χ4n) is 7.07. The van der Waals surface area contributed by atoms with Gasteiger partial charge >= 0.3 is 0 Å². The van der Waals surface area contributed by atoms with Crippen molar-refractivity contribution < 1.29 is 14.3 Å². The molecule has 0 saturated carbocycles. The van der Waals surface area contributed by atoms with Crippen LogP contribution in [0.3, 0.4) is 0 Å². The van der Waals surface area contributed by atoms with E-state index in [2.05, 4.69) is 42.2 Å². The summed E-state index contributed by atoms with van der Waals surface area (Å²) in [6.07, 6.45) is 3.76. The molecule has 5 aromatic rings. The molecule has 3 heterocycles. The van der Waals surface area contributed by atoms with E-state index in [0.29, 0.717) is 66.4 Å². The standard InChI is InChI=1S/C36H40N6O3/c1-35(31-15-10-18-39-31,34-40-28-23-30(45-3)29(44-2)22-26(28)32(38)41-34)36(25-13-8-5-9-14-25)16-19-42(20-17-36)33(43)27(37)21-24-11-6-4-7-12-24/h4-15,18,22-23,27,39H,16-17,19-21,37H2,1-3H3,(H2,38,40,41). The van der Waals surface area contributed by atoms with E-state index in [1.54, 1.807) is 14.2 Å². The van der Waals surface area contributed by atoms with E-state index in [4.69, 9.17) is 30.9 Å². The Bertz CT molecular complexity index is 1770. The Kier molecular flexibility index (Phi) is 8.20. The van der Waals surface area contributed by atoms with Gasteiger partial charge in [-0.05, 0) is 55.5 Å². The number of anilines is 1. The van der Waals surface area contributed by atoms with Crippen LogP contribution in [0, 0.1) is 0 Å². The summed E-state index contributed by atoms with van der Waals surface area (Å²) < 4.78 is 11.1. The summed E-state index contributed by atoms with van der Waals surface area (Å²) >= 11 is 0. The second-order valence-electron chi connectivity index (χ2n) is 11.9. The molecule has 1 saturated heterocycles. The lowest BCUT2D eigenvalue weighted by Crippen LogP contribution is -2.58. The zero-order valence-electron chi connectivity index (χ0n) is 26.0.